The van der Waals surface area contributed by atoms with Gasteiger partial charge in [0.25, 0.3) is 0 Å². The summed E-state index contributed by atoms with van der Waals surface area (Å²) in [5, 5.41) is 2.84. The number of fused-ring (bicyclic) bond motifs is 1. The van der Waals surface area contributed by atoms with E-state index in [2.05, 4.69) is 15.3 Å². The number of aromatic nitrogens is 2. The fourth-order valence-electron chi connectivity index (χ4n) is 2.10. The Morgan fingerprint density at radius 2 is 1.96 bits per heavy atom. The number of hydrogen-bond donors (Lipinski definition) is 1. The minimum absolute atomic E-state index is 0.196. The zero-order valence-electron chi connectivity index (χ0n) is 12.6. The van der Waals surface area contributed by atoms with Crippen molar-refractivity contribution in [1.82, 2.24) is 9.97 Å². The molecule has 1 aromatic heterocycles. The average Bonchev–Trinajstić information content (AvgIpc) is 2.60. The second-order valence-electron chi connectivity index (χ2n) is 4.84. The molecule has 4 nitrogen and oxygen atoms in total. The molecule has 0 bridgehead atoms. The van der Waals surface area contributed by atoms with Gasteiger partial charge in [-0.15, -0.1) is 11.8 Å². The number of nitrogens with one attached hydrogen (secondary N) is 1. The first-order chi connectivity index (χ1) is 11.2. The van der Waals surface area contributed by atoms with Gasteiger partial charge in [0.05, 0.1) is 22.9 Å². The van der Waals surface area contributed by atoms with Crippen molar-refractivity contribution in [3.8, 4) is 0 Å². The Hall–Kier alpha value is -2.66. The first-order valence-electron chi connectivity index (χ1n) is 7.09. The van der Waals surface area contributed by atoms with Crippen molar-refractivity contribution in [3.05, 3.63) is 66.5 Å². The van der Waals surface area contributed by atoms with Gasteiger partial charge < -0.3 is 5.32 Å². The van der Waals surface area contributed by atoms with Crippen LogP contribution in [0.4, 0.5) is 5.69 Å². The molecule has 0 saturated heterocycles. The number of thioether (sulfide) groups is 1. The molecule has 0 unspecified atom stereocenters. The molecule has 114 valence electrons. The van der Waals surface area contributed by atoms with E-state index in [1.54, 1.807) is 24.0 Å². The third-order valence-corrected chi connectivity index (χ3v) is 3.94. The van der Waals surface area contributed by atoms with Crippen LogP contribution < -0.4 is 5.32 Å². The third-order valence-electron chi connectivity index (χ3n) is 3.21. The summed E-state index contributed by atoms with van der Waals surface area (Å²) in [6, 6.07) is 15.3. The van der Waals surface area contributed by atoms with E-state index in [9.17, 15) is 4.79 Å². The summed E-state index contributed by atoms with van der Waals surface area (Å²) >= 11 is 1.63. The van der Waals surface area contributed by atoms with Crippen LogP contribution in [0.25, 0.3) is 17.1 Å². The molecule has 0 atom stereocenters. The number of carbonyl (C=O) groups excluding carboxylic acids is 1. The lowest BCUT2D eigenvalue weighted by Crippen LogP contribution is -2.07. The molecule has 23 heavy (non-hydrogen) atoms. The molecule has 3 rings (SSSR count). The highest BCUT2D eigenvalue weighted by Gasteiger charge is 2.00. The van der Waals surface area contributed by atoms with Crippen molar-refractivity contribution in [1.29, 1.82) is 0 Å². The highest BCUT2D eigenvalue weighted by atomic mass is 32.2. The van der Waals surface area contributed by atoms with E-state index in [1.165, 1.54) is 6.08 Å². The molecule has 0 aliphatic rings. The SMILES string of the molecule is CSc1cccc(NC(=O)/C=C/c2cnc3ccccc3n2)c1. The first kappa shape index (κ1) is 15.2. The minimum Gasteiger partial charge on any atom is -0.322 e. The van der Waals surface area contributed by atoms with Crippen LogP contribution in [-0.4, -0.2) is 22.1 Å². The third kappa shape index (κ3) is 3.96. The maximum Gasteiger partial charge on any atom is 0.248 e. The van der Waals surface area contributed by atoms with Crippen LogP contribution in [0.15, 0.2) is 65.7 Å². The van der Waals surface area contributed by atoms with Crippen molar-refractivity contribution in [3.63, 3.8) is 0 Å². The Morgan fingerprint density at radius 3 is 2.78 bits per heavy atom. The lowest BCUT2D eigenvalue weighted by atomic mass is 10.3. The van der Waals surface area contributed by atoms with E-state index in [-0.39, 0.29) is 5.91 Å². The van der Waals surface area contributed by atoms with Gasteiger partial charge in [-0.05, 0) is 42.7 Å². The van der Waals surface area contributed by atoms with Gasteiger partial charge in [-0.25, -0.2) is 4.98 Å². The molecule has 0 spiro atoms. The number of hydrogen-bond acceptors (Lipinski definition) is 4. The number of anilines is 1. The molecule has 1 heterocycles. The number of benzene rings is 2. The molecule has 0 fully saturated rings. The van der Waals surface area contributed by atoms with E-state index in [0.29, 0.717) is 5.69 Å². The molecular weight excluding hydrogens is 306 g/mol. The predicted molar refractivity (Wildman–Crippen MR) is 95.4 cm³/mol. The highest BCUT2D eigenvalue weighted by Crippen LogP contribution is 2.19. The molecule has 1 amide bonds. The molecule has 2 aromatic carbocycles. The summed E-state index contributed by atoms with van der Waals surface area (Å²) < 4.78 is 0. The van der Waals surface area contributed by atoms with E-state index < -0.39 is 0 Å². The summed E-state index contributed by atoms with van der Waals surface area (Å²) in [6.07, 6.45) is 6.78. The maximum atomic E-state index is 12.0. The largest absolute Gasteiger partial charge is 0.322 e. The molecule has 1 N–H and O–H groups in total. The Balaban J connectivity index is 1.71. The van der Waals surface area contributed by atoms with E-state index in [1.807, 2.05) is 54.8 Å². The van der Waals surface area contributed by atoms with E-state index >= 15 is 0 Å². The summed E-state index contributed by atoms with van der Waals surface area (Å²) in [6.45, 7) is 0. The van der Waals surface area contributed by atoms with E-state index in [4.69, 9.17) is 0 Å². The lowest BCUT2D eigenvalue weighted by Gasteiger charge is -2.03. The summed E-state index contributed by atoms with van der Waals surface area (Å²) in [7, 11) is 0. The number of rotatable bonds is 4. The van der Waals surface area contributed by atoms with Gasteiger partial charge in [0, 0.05) is 16.7 Å². The molecular formula is C18H15N3OS. The second-order valence-corrected chi connectivity index (χ2v) is 5.72. The van der Waals surface area contributed by atoms with Crippen molar-refractivity contribution in [2.45, 2.75) is 4.90 Å². The van der Waals surface area contributed by atoms with Crippen LogP contribution >= 0.6 is 11.8 Å². The Bertz CT molecular complexity index is 877. The van der Waals surface area contributed by atoms with Crippen molar-refractivity contribution in [2.24, 2.45) is 0 Å². The van der Waals surface area contributed by atoms with Gasteiger partial charge in [-0.3, -0.25) is 9.78 Å². The summed E-state index contributed by atoms with van der Waals surface area (Å²) in [5.74, 6) is -0.196. The normalized spacial score (nSPS) is 11.0. The van der Waals surface area contributed by atoms with Crippen LogP contribution in [0.2, 0.25) is 0 Å². The van der Waals surface area contributed by atoms with Crippen LogP contribution in [-0.2, 0) is 4.79 Å². The molecule has 0 aliphatic heterocycles. The van der Waals surface area contributed by atoms with Gasteiger partial charge in [0.2, 0.25) is 5.91 Å². The number of nitrogens with zero attached hydrogens (tertiary/aromatic N) is 2. The van der Waals surface area contributed by atoms with Gasteiger partial charge in [0.1, 0.15) is 0 Å². The number of para-hydroxylation sites is 2. The minimum atomic E-state index is -0.196. The standard InChI is InChI=1S/C18H15N3OS/c1-23-15-6-4-5-13(11-15)21-18(22)10-9-14-12-19-16-7-2-3-8-17(16)20-14/h2-12H,1H3,(H,21,22)/b10-9+. The van der Waals surface area contributed by atoms with Crippen molar-refractivity contribution >= 4 is 40.5 Å². The zero-order chi connectivity index (χ0) is 16.1. The van der Waals surface area contributed by atoms with Crippen LogP contribution in [0, 0.1) is 0 Å². The maximum absolute atomic E-state index is 12.0. The average molecular weight is 321 g/mol. The molecule has 5 heteroatoms. The first-order valence-corrected chi connectivity index (χ1v) is 8.32. The second kappa shape index (κ2) is 7.07. The van der Waals surface area contributed by atoms with Crippen molar-refractivity contribution < 1.29 is 4.79 Å². The molecule has 0 radical (unpaired) electrons. The van der Waals surface area contributed by atoms with Crippen LogP contribution in [0.5, 0.6) is 0 Å². The Kier molecular flexibility index (Phi) is 4.68. The van der Waals surface area contributed by atoms with Crippen LogP contribution in [0.1, 0.15) is 5.69 Å². The highest BCUT2D eigenvalue weighted by molar-refractivity contribution is 7.98. The number of carbonyl (C=O) groups is 1. The van der Waals surface area contributed by atoms with E-state index in [0.717, 1.165) is 21.6 Å². The van der Waals surface area contributed by atoms with Gasteiger partial charge in [-0.2, -0.15) is 0 Å². The fourth-order valence-corrected chi connectivity index (χ4v) is 2.56. The molecule has 0 aliphatic carbocycles. The quantitative estimate of drug-likeness (QED) is 0.583. The predicted octanol–water partition coefficient (Wildman–Crippen LogP) is 4.00. The summed E-state index contributed by atoms with van der Waals surface area (Å²) in [5.41, 5.74) is 3.07. The fraction of sp³-hybridized carbons (Fsp3) is 0.0556. The van der Waals surface area contributed by atoms with Crippen molar-refractivity contribution in [2.75, 3.05) is 11.6 Å². The Morgan fingerprint density at radius 1 is 1.13 bits per heavy atom. The van der Waals surface area contributed by atoms with Gasteiger partial charge in [-0.1, -0.05) is 18.2 Å². The van der Waals surface area contributed by atoms with Gasteiger partial charge in [0.15, 0.2) is 0 Å². The summed E-state index contributed by atoms with van der Waals surface area (Å²) in [4.78, 5) is 21.9. The van der Waals surface area contributed by atoms with Gasteiger partial charge >= 0.3 is 0 Å². The zero-order valence-corrected chi connectivity index (χ0v) is 13.4. The lowest BCUT2D eigenvalue weighted by molar-refractivity contribution is -0.111. The smallest absolute Gasteiger partial charge is 0.248 e. The monoisotopic (exact) mass is 321 g/mol. The topological polar surface area (TPSA) is 54.9 Å². The van der Waals surface area contributed by atoms with Crippen LogP contribution in [0.3, 0.4) is 0 Å². The molecule has 3 aromatic rings. The molecule has 0 saturated carbocycles. The number of amides is 1. The Labute approximate surface area is 138 Å².